The molecule has 0 bridgehead atoms. The van der Waals surface area contributed by atoms with Crippen molar-refractivity contribution in [1.82, 2.24) is 4.90 Å². The van der Waals surface area contributed by atoms with Gasteiger partial charge in [-0.1, -0.05) is 43.5 Å². The van der Waals surface area contributed by atoms with Gasteiger partial charge < -0.3 is 14.2 Å². The van der Waals surface area contributed by atoms with Crippen LogP contribution in [0.1, 0.15) is 45.8 Å². The summed E-state index contributed by atoms with van der Waals surface area (Å²) in [6, 6.07) is 8.46. The van der Waals surface area contributed by atoms with Crippen LogP contribution >= 0.6 is 0 Å². The van der Waals surface area contributed by atoms with Gasteiger partial charge in [-0.3, -0.25) is 4.90 Å². The van der Waals surface area contributed by atoms with E-state index in [1.54, 1.807) is 13.8 Å². The second-order valence-electron chi connectivity index (χ2n) is 7.97. The van der Waals surface area contributed by atoms with Gasteiger partial charge in [-0.15, -0.1) is 0 Å². The van der Waals surface area contributed by atoms with Gasteiger partial charge in [0.1, 0.15) is 24.7 Å². The highest BCUT2D eigenvalue weighted by molar-refractivity contribution is 6.33. The van der Waals surface area contributed by atoms with Crippen LogP contribution in [0.4, 0.5) is 4.79 Å². The minimum Gasteiger partial charge on any atom is -0.467 e. The first-order chi connectivity index (χ1) is 12.6. The van der Waals surface area contributed by atoms with Crippen molar-refractivity contribution >= 4 is 19.3 Å². The Labute approximate surface area is 162 Å². The third-order valence-electron chi connectivity index (χ3n) is 4.82. The van der Waals surface area contributed by atoms with Crippen LogP contribution in [0, 0.1) is 0 Å². The molecule has 1 amide bonds. The van der Waals surface area contributed by atoms with Crippen LogP contribution in [-0.4, -0.2) is 48.7 Å². The maximum atomic E-state index is 13.1. The zero-order valence-electron chi connectivity index (χ0n) is 17.2. The van der Waals surface area contributed by atoms with Gasteiger partial charge in [-0.05, 0) is 39.7 Å². The number of hydrogen-bond donors (Lipinski definition) is 0. The molecule has 1 saturated heterocycles. The molecule has 7 heteroatoms. The fourth-order valence-electron chi connectivity index (χ4n) is 3.42. The number of nitrogens with zero attached hydrogens (tertiary/aromatic N) is 1. The van der Waals surface area contributed by atoms with E-state index in [0.717, 1.165) is 25.6 Å². The van der Waals surface area contributed by atoms with Gasteiger partial charge in [-0.2, -0.15) is 0 Å². The van der Waals surface area contributed by atoms with Crippen LogP contribution in [0.25, 0.3) is 0 Å². The zero-order chi connectivity index (χ0) is 20.2. The average Bonchev–Trinajstić information content (AvgIpc) is 2.91. The van der Waals surface area contributed by atoms with Crippen molar-refractivity contribution < 1.29 is 23.8 Å². The van der Waals surface area contributed by atoms with E-state index in [4.69, 9.17) is 14.2 Å². The van der Waals surface area contributed by atoms with Crippen LogP contribution in [0.3, 0.4) is 0 Å². The molecule has 2 atom stereocenters. The monoisotopic (exact) mass is 375 g/mol. The number of methoxy groups -OCH3 is 1. The molecule has 27 heavy (non-hydrogen) atoms. The van der Waals surface area contributed by atoms with E-state index < -0.39 is 35.5 Å². The van der Waals surface area contributed by atoms with Gasteiger partial charge in [0.25, 0.3) is 0 Å². The predicted octanol–water partition coefficient (Wildman–Crippen LogP) is 3.55. The Hall–Kier alpha value is -2.02. The van der Waals surface area contributed by atoms with Crippen molar-refractivity contribution in [2.75, 3.05) is 7.11 Å². The van der Waals surface area contributed by atoms with E-state index >= 15 is 0 Å². The Kier molecular flexibility index (Phi) is 6.57. The summed E-state index contributed by atoms with van der Waals surface area (Å²) in [6.45, 7) is 9.37. The zero-order valence-corrected chi connectivity index (χ0v) is 17.2. The van der Waals surface area contributed by atoms with E-state index in [-0.39, 0.29) is 0 Å². The number of hydrogen-bond acceptors (Lipinski definition) is 5. The minimum atomic E-state index is -1.02. The molecule has 1 fully saturated rings. The molecule has 2 rings (SSSR count). The van der Waals surface area contributed by atoms with Gasteiger partial charge in [0.2, 0.25) is 0 Å². The minimum absolute atomic E-state index is 0.530. The van der Waals surface area contributed by atoms with Crippen molar-refractivity contribution in [3.05, 3.63) is 35.9 Å². The maximum absolute atomic E-state index is 13.1. The lowest BCUT2D eigenvalue weighted by atomic mass is 9.74. The van der Waals surface area contributed by atoms with Crippen LogP contribution in [0.2, 0.25) is 13.1 Å². The summed E-state index contributed by atoms with van der Waals surface area (Å²) in [5.41, 5.74) is -0.840. The molecule has 6 nitrogen and oxygen atoms in total. The quantitative estimate of drug-likeness (QED) is 0.562. The van der Waals surface area contributed by atoms with E-state index in [0.29, 0.717) is 0 Å². The molecule has 1 aromatic carbocycles. The van der Waals surface area contributed by atoms with Crippen LogP contribution in [-0.2, 0) is 19.0 Å². The first kappa shape index (κ1) is 21.3. The first-order valence-corrected chi connectivity index (χ1v) is 9.46. The highest BCUT2D eigenvalue weighted by Crippen LogP contribution is 2.42. The molecule has 0 N–H and O–H groups in total. The number of benzene rings is 1. The maximum Gasteiger partial charge on any atom is 0.413 e. The molecular weight excluding hydrogens is 345 g/mol. The molecular formula is C20H30BNO5. The molecule has 0 saturated carbocycles. The summed E-state index contributed by atoms with van der Waals surface area (Å²) in [5, 5.41) is 0. The number of esters is 1. The molecule has 1 aromatic rings. The second-order valence-corrected chi connectivity index (χ2v) is 7.97. The Morgan fingerprint density at radius 2 is 1.89 bits per heavy atom. The standard InChI is InChI=1S/C20H30BNO5/c1-19(2,12-13-21-5)27-18(24)22-15(17(23)25-6)16(26-20(22,3)4)14-10-8-7-9-11-14/h7-11,15-16,21H,12-13H2,1-6H3/t15-,16+/m0/s1. The van der Waals surface area contributed by atoms with Crippen molar-refractivity contribution in [2.45, 2.75) is 70.7 Å². The number of carbonyl (C=O) groups excluding carboxylic acids is 2. The molecule has 0 aliphatic carbocycles. The first-order valence-electron chi connectivity index (χ1n) is 9.46. The van der Waals surface area contributed by atoms with Crippen molar-refractivity contribution in [1.29, 1.82) is 0 Å². The smallest absolute Gasteiger partial charge is 0.413 e. The van der Waals surface area contributed by atoms with Gasteiger partial charge in [0.15, 0.2) is 6.04 Å². The Bertz CT molecular complexity index is 662. The predicted molar refractivity (Wildman–Crippen MR) is 105 cm³/mol. The Balaban J connectivity index is 2.34. The summed E-state index contributed by atoms with van der Waals surface area (Å²) in [5.74, 6) is -0.530. The van der Waals surface area contributed by atoms with Gasteiger partial charge in [0.05, 0.1) is 7.11 Å². The molecule has 0 radical (unpaired) electrons. The summed E-state index contributed by atoms with van der Waals surface area (Å²) < 4.78 is 16.9. The van der Waals surface area contributed by atoms with Gasteiger partial charge >= 0.3 is 12.1 Å². The Morgan fingerprint density at radius 1 is 1.26 bits per heavy atom. The molecule has 148 valence electrons. The SMILES string of the molecule is CBCCC(C)(C)OC(=O)N1[C@H](C(=O)OC)[C@@H](c2ccccc2)OC1(C)C. The molecule has 0 aromatic heterocycles. The normalized spacial score (nSPS) is 21.6. The van der Waals surface area contributed by atoms with Crippen LogP contribution in [0.5, 0.6) is 0 Å². The largest absolute Gasteiger partial charge is 0.467 e. The molecule has 0 spiro atoms. The fourth-order valence-corrected chi connectivity index (χ4v) is 3.42. The van der Waals surface area contributed by atoms with E-state index in [9.17, 15) is 9.59 Å². The summed E-state index contributed by atoms with van der Waals surface area (Å²) in [7, 11) is 2.32. The summed E-state index contributed by atoms with van der Waals surface area (Å²) >= 11 is 0. The lowest BCUT2D eigenvalue weighted by molar-refractivity contribution is -0.147. The molecule has 1 aliphatic heterocycles. The third kappa shape index (κ3) is 4.83. The van der Waals surface area contributed by atoms with E-state index in [2.05, 4.69) is 6.82 Å². The third-order valence-corrected chi connectivity index (χ3v) is 4.82. The highest BCUT2D eigenvalue weighted by atomic mass is 16.6. The number of rotatable bonds is 6. The van der Waals surface area contributed by atoms with Crippen LogP contribution < -0.4 is 0 Å². The molecule has 1 heterocycles. The van der Waals surface area contributed by atoms with Gasteiger partial charge in [0, 0.05) is 0 Å². The second kappa shape index (κ2) is 8.34. The number of carbonyl (C=O) groups is 2. The summed E-state index contributed by atoms with van der Waals surface area (Å²) in [4.78, 5) is 27.0. The lowest BCUT2D eigenvalue weighted by Crippen LogP contribution is -2.53. The molecule has 0 unspecified atom stereocenters. The summed E-state index contributed by atoms with van der Waals surface area (Å²) in [6.07, 6.45) is 0.498. The Morgan fingerprint density at radius 3 is 2.44 bits per heavy atom. The van der Waals surface area contributed by atoms with Crippen molar-refractivity contribution in [3.63, 3.8) is 0 Å². The lowest BCUT2D eigenvalue weighted by Gasteiger charge is -2.35. The van der Waals surface area contributed by atoms with Gasteiger partial charge in [-0.25, -0.2) is 9.59 Å². The average molecular weight is 375 g/mol. The van der Waals surface area contributed by atoms with Crippen molar-refractivity contribution in [3.8, 4) is 0 Å². The number of ether oxygens (including phenoxy) is 3. The molecule has 1 aliphatic rings. The number of amides is 1. The van der Waals surface area contributed by atoms with Crippen LogP contribution in [0.15, 0.2) is 30.3 Å². The van der Waals surface area contributed by atoms with E-state index in [1.165, 1.54) is 12.0 Å². The topological polar surface area (TPSA) is 65.1 Å². The highest BCUT2D eigenvalue weighted by Gasteiger charge is 2.55. The van der Waals surface area contributed by atoms with E-state index in [1.807, 2.05) is 44.2 Å². The fraction of sp³-hybridized carbons (Fsp3) is 0.600. The van der Waals surface area contributed by atoms with Crippen molar-refractivity contribution in [2.24, 2.45) is 0 Å².